The summed E-state index contributed by atoms with van der Waals surface area (Å²) in [6, 6.07) is 4.72. The number of para-hydroxylation sites is 1. The average molecular weight is 241 g/mol. The van der Waals surface area contributed by atoms with Gasteiger partial charge >= 0.3 is 5.69 Å². The third-order valence-corrected chi connectivity index (χ3v) is 2.40. The molecule has 1 aliphatic rings. The molecule has 6 nitrogen and oxygen atoms in total. The van der Waals surface area contributed by atoms with E-state index in [4.69, 9.17) is 11.6 Å². The van der Waals surface area contributed by atoms with Crippen LogP contribution in [-0.2, 0) is 0 Å². The molecule has 0 saturated carbocycles. The summed E-state index contributed by atoms with van der Waals surface area (Å²) >= 11 is 5.77. The van der Waals surface area contributed by atoms with E-state index >= 15 is 0 Å². The Bertz CT molecular complexity index is 461. The fourth-order valence-electron chi connectivity index (χ4n) is 1.41. The summed E-state index contributed by atoms with van der Waals surface area (Å²) in [5.41, 5.74) is 0.200. The van der Waals surface area contributed by atoms with Crippen molar-refractivity contribution < 1.29 is 4.92 Å². The second-order valence-corrected chi connectivity index (χ2v) is 3.58. The van der Waals surface area contributed by atoms with Crippen LogP contribution in [0.25, 0.3) is 0 Å². The number of nitrogens with one attached hydrogen (secondary N) is 2. The number of hydrogen-bond acceptors (Lipinski definition) is 5. The summed E-state index contributed by atoms with van der Waals surface area (Å²) in [4.78, 5) is 14.4. The number of anilines is 1. The summed E-state index contributed by atoms with van der Waals surface area (Å²) in [5.74, 6) is 0.533. The van der Waals surface area contributed by atoms with Gasteiger partial charge in [-0.05, 0) is 12.1 Å². The van der Waals surface area contributed by atoms with E-state index in [-0.39, 0.29) is 10.7 Å². The molecule has 0 aromatic heterocycles. The van der Waals surface area contributed by atoms with Crippen molar-refractivity contribution in [2.24, 2.45) is 4.99 Å². The van der Waals surface area contributed by atoms with Gasteiger partial charge in [0.05, 0.1) is 11.5 Å². The van der Waals surface area contributed by atoms with E-state index in [2.05, 4.69) is 15.6 Å². The molecule has 1 aromatic rings. The Morgan fingerprint density at radius 2 is 2.38 bits per heavy atom. The Kier molecular flexibility index (Phi) is 2.91. The monoisotopic (exact) mass is 240 g/mol. The van der Waals surface area contributed by atoms with Crippen LogP contribution in [0.3, 0.4) is 0 Å². The van der Waals surface area contributed by atoms with Crippen molar-refractivity contribution in [2.45, 2.75) is 0 Å². The molecule has 2 N–H and O–H groups in total. The minimum atomic E-state index is -0.514. The fraction of sp³-hybridized carbons (Fsp3) is 0.222. The first kappa shape index (κ1) is 10.7. The summed E-state index contributed by atoms with van der Waals surface area (Å²) in [7, 11) is 0. The lowest BCUT2D eigenvalue weighted by atomic mass is 10.2. The maximum absolute atomic E-state index is 10.8. The predicted octanol–water partition coefficient (Wildman–Crippen LogP) is 1.62. The summed E-state index contributed by atoms with van der Waals surface area (Å²) in [5, 5.41) is 16.8. The molecule has 0 saturated heterocycles. The molecule has 0 radical (unpaired) electrons. The highest BCUT2D eigenvalue weighted by atomic mass is 35.5. The van der Waals surface area contributed by atoms with Crippen molar-refractivity contribution in [2.75, 3.05) is 18.4 Å². The number of aliphatic imine (C=N–C) groups is 1. The summed E-state index contributed by atoms with van der Waals surface area (Å²) in [6.07, 6.45) is 0. The van der Waals surface area contributed by atoms with Crippen molar-refractivity contribution in [1.82, 2.24) is 5.32 Å². The predicted molar refractivity (Wildman–Crippen MR) is 62.0 cm³/mol. The van der Waals surface area contributed by atoms with Crippen LogP contribution in [0.15, 0.2) is 23.2 Å². The normalized spacial score (nSPS) is 14.2. The van der Waals surface area contributed by atoms with Gasteiger partial charge in [0.25, 0.3) is 0 Å². The molecule has 0 atom stereocenters. The molecule has 1 aliphatic heterocycles. The highest BCUT2D eigenvalue weighted by Gasteiger charge is 2.19. The van der Waals surface area contributed by atoms with Gasteiger partial charge in [0, 0.05) is 6.54 Å². The van der Waals surface area contributed by atoms with Gasteiger partial charge in [-0.1, -0.05) is 17.7 Å². The van der Waals surface area contributed by atoms with Crippen LogP contribution in [0.2, 0.25) is 5.02 Å². The lowest BCUT2D eigenvalue weighted by molar-refractivity contribution is -0.383. The van der Waals surface area contributed by atoms with Crippen LogP contribution >= 0.6 is 11.6 Å². The van der Waals surface area contributed by atoms with E-state index < -0.39 is 4.92 Å². The molecule has 0 bridgehead atoms. The van der Waals surface area contributed by atoms with Gasteiger partial charge in [-0.15, -0.1) is 0 Å². The topological polar surface area (TPSA) is 79.6 Å². The van der Waals surface area contributed by atoms with E-state index in [1.807, 2.05) is 0 Å². The van der Waals surface area contributed by atoms with E-state index in [0.717, 1.165) is 6.54 Å². The molecule has 0 fully saturated rings. The molecule has 0 unspecified atom stereocenters. The minimum absolute atomic E-state index is 0.105. The van der Waals surface area contributed by atoms with Gasteiger partial charge in [-0.3, -0.25) is 15.1 Å². The molecule has 84 valence electrons. The Morgan fingerprint density at radius 1 is 1.56 bits per heavy atom. The standard InChI is InChI=1S/C9H9ClN4O2/c10-6-2-1-3-7(8(6)14(15)16)13-9-11-4-5-12-9/h1-3H,4-5H2,(H2,11,12,13). The molecule has 16 heavy (non-hydrogen) atoms. The molecular weight excluding hydrogens is 232 g/mol. The number of nitro benzene ring substituents is 1. The highest BCUT2D eigenvalue weighted by Crippen LogP contribution is 2.32. The van der Waals surface area contributed by atoms with Crippen molar-refractivity contribution in [3.8, 4) is 0 Å². The van der Waals surface area contributed by atoms with Crippen LogP contribution < -0.4 is 10.6 Å². The Balaban J connectivity index is 2.32. The molecule has 1 aromatic carbocycles. The molecule has 0 spiro atoms. The van der Waals surface area contributed by atoms with Crippen molar-refractivity contribution in [3.05, 3.63) is 33.3 Å². The van der Waals surface area contributed by atoms with Crippen LogP contribution in [0.5, 0.6) is 0 Å². The molecule has 0 aliphatic carbocycles. The zero-order valence-corrected chi connectivity index (χ0v) is 8.99. The zero-order chi connectivity index (χ0) is 11.5. The maximum atomic E-state index is 10.8. The second-order valence-electron chi connectivity index (χ2n) is 3.18. The Hall–Kier alpha value is -1.82. The Labute approximate surface area is 96.5 Å². The van der Waals surface area contributed by atoms with Gasteiger partial charge < -0.3 is 10.6 Å². The smallest absolute Gasteiger partial charge is 0.311 e. The number of halogens is 1. The molecule has 0 amide bonds. The average Bonchev–Trinajstić information content (AvgIpc) is 2.70. The summed E-state index contributed by atoms with van der Waals surface area (Å²) in [6.45, 7) is 1.40. The first-order valence-electron chi connectivity index (χ1n) is 4.67. The van der Waals surface area contributed by atoms with Crippen LogP contribution in [0.4, 0.5) is 11.4 Å². The van der Waals surface area contributed by atoms with Crippen LogP contribution in [0, 0.1) is 10.1 Å². The third kappa shape index (κ3) is 2.06. The first-order chi connectivity index (χ1) is 7.68. The van der Waals surface area contributed by atoms with E-state index in [1.165, 1.54) is 6.07 Å². The number of hydrogen-bond donors (Lipinski definition) is 2. The number of guanidine groups is 1. The maximum Gasteiger partial charge on any atom is 0.311 e. The van der Waals surface area contributed by atoms with Crippen LogP contribution in [-0.4, -0.2) is 24.0 Å². The lowest BCUT2D eigenvalue weighted by Crippen LogP contribution is -2.26. The van der Waals surface area contributed by atoms with Gasteiger partial charge in [0.1, 0.15) is 10.7 Å². The molecule has 2 rings (SSSR count). The van der Waals surface area contributed by atoms with E-state index in [1.54, 1.807) is 12.1 Å². The number of benzene rings is 1. The third-order valence-electron chi connectivity index (χ3n) is 2.10. The van der Waals surface area contributed by atoms with Gasteiger partial charge in [-0.2, -0.15) is 0 Å². The number of rotatable bonds is 2. The van der Waals surface area contributed by atoms with Crippen LogP contribution in [0.1, 0.15) is 0 Å². The number of nitro groups is 1. The van der Waals surface area contributed by atoms with Gasteiger partial charge in [0.2, 0.25) is 0 Å². The quantitative estimate of drug-likeness (QED) is 0.608. The summed E-state index contributed by atoms with van der Waals surface area (Å²) < 4.78 is 0. The van der Waals surface area contributed by atoms with Crippen molar-refractivity contribution in [3.63, 3.8) is 0 Å². The largest absolute Gasteiger partial charge is 0.354 e. The molecular formula is C9H9ClN4O2. The Morgan fingerprint density at radius 3 is 3.00 bits per heavy atom. The van der Waals surface area contributed by atoms with Crippen molar-refractivity contribution >= 4 is 28.9 Å². The molecule has 1 heterocycles. The van der Waals surface area contributed by atoms with Crippen molar-refractivity contribution in [1.29, 1.82) is 0 Å². The first-order valence-corrected chi connectivity index (χ1v) is 5.04. The minimum Gasteiger partial charge on any atom is -0.354 e. The second kappa shape index (κ2) is 4.36. The zero-order valence-electron chi connectivity index (χ0n) is 8.24. The van der Waals surface area contributed by atoms with Gasteiger partial charge in [-0.25, -0.2) is 0 Å². The fourth-order valence-corrected chi connectivity index (χ4v) is 1.65. The van der Waals surface area contributed by atoms with E-state index in [9.17, 15) is 10.1 Å². The molecule has 7 heteroatoms. The van der Waals surface area contributed by atoms with E-state index in [0.29, 0.717) is 18.2 Å². The SMILES string of the molecule is O=[N+]([O-])c1c(Cl)cccc1NC1=NCCN1. The number of nitrogens with zero attached hydrogens (tertiary/aromatic N) is 2. The highest BCUT2D eigenvalue weighted by molar-refractivity contribution is 6.33. The van der Waals surface area contributed by atoms with Gasteiger partial charge in [0.15, 0.2) is 5.96 Å². The lowest BCUT2D eigenvalue weighted by Gasteiger charge is -2.07.